The van der Waals surface area contributed by atoms with Gasteiger partial charge in [0.05, 0.1) is 0 Å². The number of hydrogen-bond acceptors (Lipinski definition) is 5. The fourth-order valence-corrected chi connectivity index (χ4v) is 6.80. The predicted molar refractivity (Wildman–Crippen MR) is 133 cm³/mol. The Kier molecular flexibility index (Phi) is 6.42. The highest BCUT2D eigenvalue weighted by Crippen LogP contribution is 2.42. The average Bonchev–Trinajstić information content (AvgIpc) is 3.46. The lowest BCUT2D eigenvalue weighted by Gasteiger charge is -2.42. The summed E-state index contributed by atoms with van der Waals surface area (Å²) < 4.78 is 27.1. The standard InChI is InChI=1S/C27H31N3O3S/c31-27(22-9-3-1-4-10-22,23-11-5-2-6-12-23)24-15-19-29(20-16-24)26-14-13-25(21-28-26)34(32,33)30-17-7-8-18-30/h1-6,9-14,21,24,31H,7-8,15-20H2. The molecule has 2 aromatic carbocycles. The number of piperidine rings is 1. The first-order chi connectivity index (χ1) is 16.5. The maximum absolute atomic E-state index is 12.8. The fraction of sp³-hybridized carbons (Fsp3) is 0.370. The van der Waals surface area contributed by atoms with Gasteiger partial charge in [-0.05, 0) is 54.9 Å². The van der Waals surface area contributed by atoms with Crippen molar-refractivity contribution in [3.63, 3.8) is 0 Å². The molecule has 0 saturated carbocycles. The normalized spacial score (nSPS) is 18.3. The molecule has 2 aliphatic heterocycles. The molecule has 0 amide bonds. The van der Waals surface area contributed by atoms with Gasteiger partial charge in [0.1, 0.15) is 16.3 Å². The molecule has 0 atom stereocenters. The first kappa shape index (κ1) is 23.0. The van der Waals surface area contributed by atoms with Crippen molar-refractivity contribution in [2.45, 2.75) is 36.2 Å². The van der Waals surface area contributed by atoms with E-state index in [-0.39, 0.29) is 10.8 Å². The molecule has 1 N–H and O–H groups in total. The first-order valence-corrected chi connectivity index (χ1v) is 13.5. The molecule has 0 unspecified atom stereocenters. The topological polar surface area (TPSA) is 73.7 Å². The van der Waals surface area contributed by atoms with Crippen molar-refractivity contribution in [2.24, 2.45) is 5.92 Å². The molecule has 0 spiro atoms. The number of aromatic nitrogens is 1. The van der Waals surface area contributed by atoms with Crippen LogP contribution >= 0.6 is 0 Å². The summed E-state index contributed by atoms with van der Waals surface area (Å²) in [5.74, 6) is 0.838. The Morgan fingerprint density at radius 3 is 1.85 bits per heavy atom. The Balaban J connectivity index is 1.33. The fourth-order valence-electron chi connectivity index (χ4n) is 5.34. The van der Waals surface area contributed by atoms with Crippen LogP contribution in [0.2, 0.25) is 0 Å². The van der Waals surface area contributed by atoms with Gasteiger partial charge in [-0.25, -0.2) is 13.4 Å². The van der Waals surface area contributed by atoms with Gasteiger partial charge in [0.2, 0.25) is 10.0 Å². The van der Waals surface area contributed by atoms with Gasteiger partial charge >= 0.3 is 0 Å². The largest absolute Gasteiger partial charge is 0.380 e. The molecule has 1 aromatic heterocycles. The Morgan fingerprint density at radius 2 is 1.35 bits per heavy atom. The molecule has 0 aliphatic carbocycles. The SMILES string of the molecule is O=S(=O)(c1ccc(N2CCC(C(O)(c3ccccc3)c3ccccc3)CC2)nc1)N1CCCC1. The van der Waals surface area contributed by atoms with E-state index in [1.54, 1.807) is 10.4 Å². The predicted octanol–water partition coefficient (Wildman–Crippen LogP) is 4.02. The summed E-state index contributed by atoms with van der Waals surface area (Å²) in [6, 6.07) is 23.3. The van der Waals surface area contributed by atoms with Gasteiger partial charge in [0.15, 0.2) is 0 Å². The van der Waals surface area contributed by atoms with Gasteiger partial charge in [-0.3, -0.25) is 0 Å². The van der Waals surface area contributed by atoms with E-state index in [9.17, 15) is 13.5 Å². The van der Waals surface area contributed by atoms with Crippen molar-refractivity contribution < 1.29 is 13.5 Å². The van der Waals surface area contributed by atoms with Crippen molar-refractivity contribution in [3.8, 4) is 0 Å². The monoisotopic (exact) mass is 477 g/mol. The van der Waals surface area contributed by atoms with E-state index in [0.29, 0.717) is 13.1 Å². The Morgan fingerprint density at radius 1 is 0.794 bits per heavy atom. The van der Waals surface area contributed by atoms with Gasteiger partial charge < -0.3 is 10.0 Å². The van der Waals surface area contributed by atoms with E-state index < -0.39 is 15.6 Å². The van der Waals surface area contributed by atoms with Crippen LogP contribution in [0, 0.1) is 5.92 Å². The number of nitrogens with zero attached hydrogens (tertiary/aromatic N) is 3. The number of sulfonamides is 1. The highest BCUT2D eigenvalue weighted by atomic mass is 32.2. The maximum Gasteiger partial charge on any atom is 0.244 e. The first-order valence-electron chi connectivity index (χ1n) is 12.0. The molecular weight excluding hydrogens is 446 g/mol. The number of pyridine rings is 1. The minimum Gasteiger partial charge on any atom is -0.380 e. The second-order valence-corrected chi connectivity index (χ2v) is 11.2. The van der Waals surface area contributed by atoms with Crippen molar-refractivity contribution >= 4 is 15.8 Å². The van der Waals surface area contributed by atoms with Crippen LogP contribution in [0.1, 0.15) is 36.8 Å². The average molecular weight is 478 g/mol. The third-order valence-corrected chi connectivity index (χ3v) is 9.14. The molecule has 0 bridgehead atoms. The zero-order chi connectivity index (χ0) is 23.6. The molecule has 2 saturated heterocycles. The minimum absolute atomic E-state index is 0.0587. The molecule has 2 fully saturated rings. The molecule has 7 heteroatoms. The maximum atomic E-state index is 12.8. The van der Waals surface area contributed by atoms with Crippen LogP contribution in [0.4, 0.5) is 5.82 Å². The van der Waals surface area contributed by atoms with Crippen LogP contribution < -0.4 is 4.90 Å². The molecule has 6 nitrogen and oxygen atoms in total. The molecule has 2 aliphatic rings. The van der Waals surface area contributed by atoms with E-state index in [0.717, 1.165) is 55.7 Å². The molecular formula is C27H31N3O3S. The lowest BCUT2D eigenvalue weighted by atomic mass is 9.72. The van der Waals surface area contributed by atoms with Crippen molar-refractivity contribution in [1.29, 1.82) is 0 Å². The van der Waals surface area contributed by atoms with Crippen LogP contribution in [0.15, 0.2) is 83.9 Å². The quantitative estimate of drug-likeness (QED) is 0.581. The summed E-state index contributed by atoms with van der Waals surface area (Å²) in [5, 5.41) is 12.1. The van der Waals surface area contributed by atoms with Crippen LogP contribution in [0.3, 0.4) is 0 Å². The van der Waals surface area contributed by atoms with Gasteiger partial charge in [-0.1, -0.05) is 60.7 Å². The van der Waals surface area contributed by atoms with E-state index in [2.05, 4.69) is 9.88 Å². The molecule has 34 heavy (non-hydrogen) atoms. The molecule has 5 rings (SSSR count). The smallest absolute Gasteiger partial charge is 0.244 e. The molecule has 3 aromatic rings. The van der Waals surface area contributed by atoms with Gasteiger partial charge in [-0.15, -0.1) is 0 Å². The highest BCUT2D eigenvalue weighted by Gasteiger charge is 2.41. The Bertz CT molecular complexity index is 1150. The van der Waals surface area contributed by atoms with E-state index in [1.807, 2.05) is 66.7 Å². The highest BCUT2D eigenvalue weighted by molar-refractivity contribution is 7.89. The Labute approximate surface area is 201 Å². The lowest BCUT2D eigenvalue weighted by molar-refractivity contribution is 0.00500. The summed E-state index contributed by atoms with van der Waals surface area (Å²) in [7, 11) is -3.46. The zero-order valence-electron chi connectivity index (χ0n) is 19.3. The van der Waals surface area contributed by atoms with Crippen molar-refractivity contribution in [2.75, 3.05) is 31.1 Å². The van der Waals surface area contributed by atoms with Crippen molar-refractivity contribution in [3.05, 3.63) is 90.1 Å². The molecule has 0 radical (unpaired) electrons. The number of anilines is 1. The summed E-state index contributed by atoms with van der Waals surface area (Å²) in [4.78, 5) is 6.94. The van der Waals surface area contributed by atoms with Crippen LogP contribution in [-0.2, 0) is 15.6 Å². The summed E-state index contributed by atoms with van der Waals surface area (Å²) in [6.45, 7) is 2.67. The van der Waals surface area contributed by atoms with E-state index in [1.165, 1.54) is 6.20 Å². The van der Waals surface area contributed by atoms with Crippen molar-refractivity contribution in [1.82, 2.24) is 9.29 Å². The Hall–Kier alpha value is -2.74. The van der Waals surface area contributed by atoms with Gasteiger partial charge in [0.25, 0.3) is 0 Å². The number of aliphatic hydroxyl groups is 1. The summed E-state index contributed by atoms with van der Waals surface area (Å²) >= 11 is 0. The van der Waals surface area contributed by atoms with E-state index >= 15 is 0 Å². The van der Waals surface area contributed by atoms with E-state index in [4.69, 9.17) is 0 Å². The zero-order valence-corrected chi connectivity index (χ0v) is 20.1. The summed E-state index contributed by atoms with van der Waals surface area (Å²) in [6.07, 6.45) is 4.92. The van der Waals surface area contributed by atoms with Gasteiger partial charge in [0, 0.05) is 32.4 Å². The van der Waals surface area contributed by atoms with Crippen LogP contribution in [0.25, 0.3) is 0 Å². The second kappa shape index (κ2) is 9.49. The number of rotatable bonds is 6. The van der Waals surface area contributed by atoms with Gasteiger partial charge in [-0.2, -0.15) is 4.31 Å². The van der Waals surface area contributed by atoms with Crippen LogP contribution in [-0.4, -0.2) is 49.0 Å². The minimum atomic E-state index is -3.46. The number of hydrogen-bond donors (Lipinski definition) is 1. The van der Waals surface area contributed by atoms with Crippen LogP contribution in [0.5, 0.6) is 0 Å². The third kappa shape index (κ3) is 4.24. The molecule has 3 heterocycles. The third-order valence-electron chi connectivity index (χ3n) is 7.26. The number of benzene rings is 2. The lowest BCUT2D eigenvalue weighted by Crippen LogP contribution is -2.44. The molecule has 178 valence electrons. The summed E-state index contributed by atoms with van der Waals surface area (Å²) in [5.41, 5.74) is 0.763. The second-order valence-electron chi connectivity index (χ2n) is 9.22.